The van der Waals surface area contributed by atoms with Gasteiger partial charge in [-0.25, -0.2) is 9.13 Å². The van der Waals surface area contributed by atoms with E-state index in [1.807, 2.05) is 0 Å². The van der Waals surface area contributed by atoms with E-state index in [0.717, 1.165) is 141 Å². The molecule has 115 heavy (non-hydrogen) atoms. The van der Waals surface area contributed by atoms with Crippen molar-refractivity contribution < 1.29 is 75.8 Å². The number of aliphatic hydroxyl groups is 2. The van der Waals surface area contributed by atoms with Gasteiger partial charge in [-0.1, -0.05) is 378 Å². The number of unbranched alkanes of at least 4 members (excludes halogenated alkanes) is 40. The van der Waals surface area contributed by atoms with Gasteiger partial charge in [0.25, 0.3) is 0 Å². The zero-order valence-electron chi connectivity index (χ0n) is 72.9. The zero-order chi connectivity index (χ0) is 83.6. The molecule has 0 saturated carbocycles. The Balaban J connectivity index is 4.44. The largest absolute Gasteiger partial charge is 0.472 e. The van der Waals surface area contributed by atoms with Gasteiger partial charge in [-0.3, -0.25) is 32.5 Å². The second-order valence-electron chi connectivity index (χ2n) is 30.7. The lowest BCUT2D eigenvalue weighted by Gasteiger charge is -2.21. The average Bonchev–Trinajstić information content (AvgIpc) is 0.898. The van der Waals surface area contributed by atoms with Crippen molar-refractivity contribution in [1.82, 2.24) is 0 Å². The van der Waals surface area contributed by atoms with Crippen LogP contribution in [0.1, 0.15) is 393 Å². The molecule has 0 amide bonds. The number of aliphatic hydroxyl groups excluding tert-OH is 2. The molecule has 18 heteroatoms. The second-order valence-corrected chi connectivity index (χ2v) is 33.6. The van der Waals surface area contributed by atoms with Crippen LogP contribution in [0, 0.1) is 0 Å². The summed E-state index contributed by atoms with van der Waals surface area (Å²) in [6.45, 7) is 2.46. The number of ether oxygens (including phenoxy) is 3. The fraction of sp³-hybridized carbons (Fsp3) is 0.722. The Hall–Kier alpha value is -4.57. The van der Waals surface area contributed by atoms with Gasteiger partial charge in [0, 0.05) is 19.3 Å². The third-order valence-corrected chi connectivity index (χ3v) is 21.4. The molecule has 16 nitrogen and oxygen atoms in total. The van der Waals surface area contributed by atoms with Gasteiger partial charge in [-0.15, -0.1) is 0 Å². The Labute approximate surface area is 702 Å². The summed E-state index contributed by atoms with van der Waals surface area (Å²) in [5.74, 6) is -1.58. The average molecular weight is 1650 g/mol. The Kier molecular flexibility index (Phi) is 85.2. The molecule has 0 radical (unpaired) electrons. The van der Waals surface area contributed by atoms with E-state index in [1.165, 1.54) is 193 Å². The first-order valence-corrected chi connectivity index (χ1v) is 49.1. The molecular weight excluding hydrogens is 1480 g/mol. The van der Waals surface area contributed by atoms with Crippen LogP contribution in [-0.4, -0.2) is 95.9 Å². The first kappa shape index (κ1) is 110. The number of carbonyl (C=O) groups is 3. The molecule has 0 rings (SSSR count). The first-order chi connectivity index (χ1) is 56.2. The zero-order valence-corrected chi connectivity index (χ0v) is 74.7. The summed E-state index contributed by atoms with van der Waals surface area (Å²) >= 11 is 0. The molecule has 0 aliphatic rings. The molecule has 0 heterocycles. The standard InChI is InChI=1S/C97H168O16P2/c1-4-7-10-13-16-19-22-25-28-30-32-34-36-38-40-42-44-45-47-49-50-52-54-56-58-60-63-65-68-71-74-77-80-83-95(100)107-86-92(98)87-109-114(103,104)110-88-93(99)89-111-115(105,106)112-91-94(113-97(102)85-82-79-76-73-70-67-62-27-24-21-18-15-12-9-6-3)90-108-96(101)84-81-78-75-72-69-66-64-61-59-57-55-53-51-48-46-43-41-39-37-35-33-31-29-26-23-20-17-14-11-8-5-2/h7,9-10,12,16-21,25-29,32-35,38-41,62,92-94,98-99H,4-6,8,11,13-15,22-24,30-31,36-37,42-61,63-91H2,1-3H3,(H,103,104)(H,105,106)/b10-7-,12-9-,19-16-,20-17-,21-18-,28-25-,29-26-,34-32-,35-33-,40-38-,41-39-,62-27-. The van der Waals surface area contributed by atoms with Crippen molar-refractivity contribution in [1.29, 1.82) is 0 Å². The number of phosphoric acid groups is 2. The van der Waals surface area contributed by atoms with Crippen molar-refractivity contribution in [2.45, 2.75) is 411 Å². The molecule has 0 aliphatic carbocycles. The first-order valence-electron chi connectivity index (χ1n) is 46.1. The number of hydrogen-bond donors (Lipinski definition) is 4. The molecule has 0 aromatic carbocycles. The lowest BCUT2D eigenvalue weighted by atomic mass is 10.0. The molecule has 5 atom stereocenters. The van der Waals surface area contributed by atoms with Crippen LogP contribution in [0.2, 0.25) is 0 Å². The lowest BCUT2D eigenvalue weighted by Crippen LogP contribution is -2.30. The monoisotopic (exact) mass is 1650 g/mol. The minimum Gasteiger partial charge on any atom is -0.463 e. The van der Waals surface area contributed by atoms with Crippen LogP contribution in [0.25, 0.3) is 0 Å². The molecular formula is C97H168O16P2. The highest BCUT2D eigenvalue weighted by Crippen LogP contribution is 2.45. The third-order valence-electron chi connectivity index (χ3n) is 19.5. The molecule has 0 saturated heterocycles. The Bertz CT molecular complexity index is 2670. The van der Waals surface area contributed by atoms with Crippen molar-refractivity contribution >= 4 is 33.6 Å². The van der Waals surface area contributed by atoms with Gasteiger partial charge in [0.05, 0.1) is 26.4 Å². The summed E-state index contributed by atoms with van der Waals surface area (Å²) in [6, 6.07) is 0. The summed E-state index contributed by atoms with van der Waals surface area (Å²) in [5.41, 5.74) is 0. The number of carbonyl (C=O) groups excluding carboxylic acids is 3. The Morgan fingerprint density at radius 2 is 0.461 bits per heavy atom. The number of rotatable bonds is 87. The Morgan fingerprint density at radius 3 is 0.730 bits per heavy atom. The van der Waals surface area contributed by atoms with Crippen molar-refractivity contribution in [2.24, 2.45) is 0 Å². The van der Waals surface area contributed by atoms with Crippen LogP contribution in [0.4, 0.5) is 0 Å². The fourth-order valence-corrected chi connectivity index (χ4v) is 14.2. The highest BCUT2D eigenvalue weighted by molar-refractivity contribution is 7.47. The van der Waals surface area contributed by atoms with E-state index in [0.29, 0.717) is 19.3 Å². The molecule has 0 aliphatic heterocycles. The maximum atomic E-state index is 13.0. The number of phosphoric ester groups is 2. The minimum absolute atomic E-state index is 0.0841. The predicted molar refractivity (Wildman–Crippen MR) is 482 cm³/mol. The van der Waals surface area contributed by atoms with E-state index in [9.17, 15) is 43.5 Å². The number of allylic oxidation sites excluding steroid dienone is 24. The highest BCUT2D eigenvalue weighted by atomic mass is 31.2. The summed E-state index contributed by atoms with van der Waals surface area (Å²) in [5, 5.41) is 20.7. The molecule has 0 fully saturated rings. The molecule has 0 spiro atoms. The predicted octanol–water partition coefficient (Wildman–Crippen LogP) is 28.3. The lowest BCUT2D eigenvalue weighted by molar-refractivity contribution is -0.161. The van der Waals surface area contributed by atoms with E-state index >= 15 is 0 Å². The molecule has 5 unspecified atom stereocenters. The van der Waals surface area contributed by atoms with Crippen LogP contribution in [0.15, 0.2) is 146 Å². The SMILES string of the molecule is CC/C=C\C/C=C\C/C=C\C/C=C\C/C=C\CCCCCCCCCCCCCCCCCCCC(=O)OCC(O)COP(=O)(O)OCC(O)COP(=O)(O)OCC(COC(=O)CCCCCCCCCCCCCCCCC/C=C\C/C=C\C/C=C\C/C=C\CCCCC)OC(=O)CCCCCCC/C=C\C/C=C\C/C=C\CC. The van der Waals surface area contributed by atoms with Gasteiger partial charge in [-0.05, 0) is 141 Å². The summed E-state index contributed by atoms with van der Waals surface area (Å²) in [7, 11) is -9.81. The van der Waals surface area contributed by atoms with Crippen molar-refractivity contribution in [2.75, 3.05) is 39.6 Å². The van der Waals surface area contributed by atoms with Crippen LogP contribution in [-0.2, 0) is 55.8 Å². The number of hydrogen-bond acceptors (Lipinski definition) is 14. The summed E-state index contributed by atoms with van der Waals surface area (Å²) in [6.07, 6.45) is 112. The van der Waals surface area contributed by atoms with Crippen molar-refractivity contribution in [3.63, 3.8) is 0 Å². The smallest absolute Gasteiger partial charge is 0.463 e. The highest BCUT2D eigenvalue weighted by Gasteiger charge is 2.29. The second kappa shape index (κ2) is 88.7. The quantitative estimate of drug-likeness (QED) is 0.0146. The van der Waals surface area contributed by atoms with Crippen LogP contribution < -0.4 is 0 Å². The van der Waals surface area contributed by atoms with Gasteiger partial charge >= 0.3 is 33.6 Å². The van der Waals surface area contributed by atoms with E-state index in [2.05, 4.69) is 167 Å². The van der Waals surface area contributed by atoms with E-state index in [-0.39, 0.29) is 19.3 Å². The van der Waals surface area contributed by atoms with Crippen molar-refractivity contribution in [3.8, 4) is 0 Å². The van der Waals surface area contributed by atoms with Gasteiger partial charge in [0.1, 0.15) is 25.4 Å². The van der Waals surface area contributed by atoms with Gasteiger partial charge < -0.3 is 34.2 Å². The van der Waals surface area contributed by atoms with Gasteiger partial charge in [-0.2, -0.15) is 0 Å². The van der Waals surface area contributed by atoms with Gasteiger partial charge in [0.15, 0.2) is 6.10 Å². The fourth-order valence-electron chi connectivity index (χ4n) is 12.6. The Morgan fingerprint density at radius 1 is 0.252 bits per heavy atom. The molecule has 0 bridgehead atoms. The third kappa shape index (κ3) is 90.0. The van der Waals surface area contributed by atoms with E-state index in [4.69, 9.17) is 32.3 Å². The molecule has 662 valence electrons. The molecule has 0 aromatic heterocycles. The minimum atomic E-state index is -4.94. The maximum Gasteiger partial charge on any atom is 0.472 e. The molecule has 0 aromatic rings. The topological polar surface area (TPSA) is 231 Å². The van der Waals surface area contributed by atoms with E-state index in [1.54, 1.807) is 0 Å². The molecule has 4 N–H and O–H groups in total. The van der Waals surface area contributed by atoms with Crippen molar-refractivity contribution in [3.05, 3.63) is 146 Å². The van der Waals surface area contributed by atoms with E-state index < -0.39 is 91.5 Å². The van der Waals surface area contributed by atoms with Crippen LogP contribution in [0.3, 0.4) is 0 Å². The van der Waals surface area contributed by atoms with Crippen LogP contribution >= 0.6 is 15.6 Å². The summed E-state index contributed by atoms with van der Waals surface area (Å²) in [4.78, 5) is 58.9. The van der Waals surface area contributed by atoms with Crippen LogP contribution in [0.5, 0.6) is 0 Å². The van der Waals surface area contributed by atoms with Gasteiger partial charge in [0.2, 0.25) is 0 Å². The summed E-state index contributed by atoms with van der Waals surface area (Å²) < 4.78 is 61.4. The normalized spacial score (nSPS) is 14.5. The number of esters is 3. The maximum absolute atomic E-state index is 13.0.